The topological polar surface area (TPSA) is 74.2 Å². The number of non-ortho nitro benzene ring substituents is 1. The van der Waals surface area contributed by atoms with E-state index in [2.05, 4.69) is 22.1 Å². The van der Waals surface area contributed by atoms with Crippen molar-refractivity contribution in [1.82, 2.24) is 15.2 Å². The van der Waals surface area contributed by atoms with Gasteiger partial charge in [0, 0.05) is 40.8 Å². The maximum atomic E-state index is 11.1. The van der Waals surface area contributed by atoms with Crippen LogP contribution in [0.5, 0.6) is 0 Å². The van der Waals surface area contributed by atoms with Crippen LogP contribution in [-0.4, -0.2) is 40.5 Å². The molecule has 6 nitrogen and oxygen atoms in total. The molecular formula is C20H28N4O2. The Balaban J connectivity index is 1.52. The molecule has 1 fully saturated rings. The molecule has 4 rings (SSSR count). The Bertz CT molecular complexity index is 792. The Morgan fingerprint density at radius 2 is 2.12 bits per heavy atom. The Labute approximate surface area is 154 Å². The fourth-order valence-corrected chi connectivity index (χ4v) is 4.65. The highest BCUT2D eigenvalue weighted by molar-refractivity contribution is 5.87. The van der Waals surface area contributed by atoms with Crippen LogP contribution in [0.2, 0.25) is 0 Å². The number of nitro groups is 1. The number of piperidine rings is 1. The number of fused-ring (bicyclic) bond motifs is 3. The first-order valence-corrected chi connectivity index (χ1v) is 9.93. The van der Waals surface area contributed by atoms with Gasteiger partial charge in [-0.1, -0.05) is 6.92 Å². The van der Waals surface area contributed by atoms with Gasteiger partial charge in [-0.3, -0.25) is 10.1 Å². The number of rotatable bonds is 5. The molecule has 2 heterocycles. The summed E-state index contributed by atoms with van der Waals surface area (Å²) in [6, 6.07) is 6.09. The SMILES string of the molecule is CCCN1CCC(N[C@@H]2CCCc3c2[nH]c2ccc([N+](=O)[O-])cc32)CC1. The highest BCUT2D eigenvalue weighted by Gasteiger charge is 2.28. The first-order chi connectivity index (χ1) is 12.7. The van der Waals surface area contributed by atoms with Crippen molar-refractivity contribution in [2.75, 3.05) is 19.6 Å². The summed E-state index contributed by atoms with van der Waals surface area (Å²) in [7, 11) is 0. The van der Waals surface area contributed by atoms with E-state index in [-0.39, 0.29) is 10.6 Å². The zero-order valence-corrected chi connectivity index (χ0v) is 15.5. The van der Waals surface area contributed by atoms with E-state index in [4.69, 9.17) is 0 Å². The molecule has 1 saturated heterocycles. The summed E-state index contributed by atoms with van der Waals surface area (Å²) in [6.07, 6.45) is 6.91. The number of hydrogen-bond acceptors (Lipinski definition) is 4. The number of H-pyrrole nitrogens is 1. The molecule has 1 atom stereocenters. The average Bonchev–Trinajstić information content (AvgIpc) is 3.02. The van der Waals surface area contributed by atoms with E-state index in [1.54, 1.807) is 12.1 Å². The fraction of sp³-hybridized carbons (Fsp3) is 0.600. The summed E-state index contributed by atoms with van der Waals surface area (Å²) in [5.74, 6) is 0. The van der Waals surface area contributed by atoms with Crippen molar-refractivity contribution in [1.29, 1.82) is 0 Å². The van der Waals surface area contributed by atoms with Crippen LogP contribution < -0.4 is 5.32 Å². The van der Waals surface area contributed by atoms with Gasteiger partial charge in [-0.15, -0.1) is 0 Å². The Morgan fingerprint density at radius 1 is 1.31 bits per heavy atom. The lowest BCUT2D eigenvalue weighted by Crippen LogP contribution is -2.44. The minimum atomic E-state index is -0.304. The minimum Gasteiger partial charge on any atom is -0.357 e. The second-order valence-corrected chi connectivity index (χ2v) is 7.73. The molecule has 0 radical (unpaired) electrons. The zero-order chi connectivity index (χ0) is 18.1. The van der Waals surface area contributed by atoms with Gasteiger partial charge in [0.2, 0.25) is 0 Å². The number of aryl methyl sites for hydroxylation is 1. The summed E-state index contributed by atoms with van der Waals surface area (Å²) in [4.78, 5) is 16.9. The van der Waals surface area contributed by atoms with Crippen LogP contribution in [0.4, 0.5) is 5.69 Å². The highest BCUT2D eigenvalue weighted by atomic mass is 16.6. The van der Waals surface area contributed by atoms with Crippen molar-refractivity contribution in [3.05, 3.63) is 39.6 Å². The van der Waals surface area contributed by atoms with E-state index in [0.29, 0.717) is 12.1 Å². The Morgan fingerprint density at radius 3 is 2.85 bits per heavy atom. The number of nitrogens with zero attached hydrogens (tertiary/aromatic N) is 2. The molecule has 0 spiro atoms. The predicted molar refractivity (Wildman–Crippen MR) is 104 cm³/mol. The van der Waals surface area contributed by atoms with E-state index in [0.717, 1.165) is 30.2 Å². The second-order valence-electron chi connectivity index (χ2n) is 7.73. The van der Waals surface area contributed by atoms with Crippen LogP contribution in [0.15, 0.2) is 18.2 Å². The maximum Gasteiger partial charge on any atom is 0.270 e. The third kappa shape index (κ3) is 3.35. The molecule has 1 aliphatic carbocycles. The monoisotopic (exact) mass is 356 g/mol. The van der Waals surface area contributed by atoms with Crippen LogP contribution in [0.25, 0.3) is 10.9 Å². The lowest BCUT2D eigenvalue weighted by atomic mass is 9.90. The lowest BCUT2D eigenvalue weighted by Gasteiger charge is -2.35. The van der Waals surface area contributed by atoms with Gasteiger partial charge in [0.1, 0.15) is 0 Å². The number of aromatic nitrogens is 1. The van der Waals surface area contributed by atoms with Gasteiger partial charge in [-0.05, 0) is 69.8 Å². The van der Waals surface area contributed by atoms with Gasteiger partial charge >= 0.3 is 0 Å². The number of aromatic amines is 1. The van der Waals surface area contributed by atoms with Gasteiger partial charge in [0.25, 0.3) is 5.69 Å². The van der Waals surface area contributed by atoms with Crippen molar-refractivity contribution in [3.8, 4) is 0 Å². The zero-order valence-electron chi connectivity index (χ0n) is 15.5. The number of hydrogen-bond donors (Lipinski definition) is 2. The Hall–Kier alpha value is -1.92. The normalized spacial score (nSPS) is 21.8. The Kier molecular flexibility index (Phi) is 4.96. The molecule has 2 N–H and O–H groups in total. The standard InChI is InChI=1S/C20H28N4O2/c1-2-10-23-11-8-14(9-12-23)21-19-5-3-4-16-17-13-15(24(25)26)6-7-18(17)22-20(16)19/h6-7,13-14,19,21-22H,2-5,8-12H2,1H3/t19-/m1/s1. The van der Waals surface area contributed by atoms with E-state index in [1.165, 1.54) is 50.2 Å². The van der Waals surface area contributed by atoms with Crippen LogP contribution in [-0.2, 0) is 6.42 Å². The van der Waals surface area contributed by atoms with Crippen molar-refractivity contribution >= 4 is 16.6 Å². The molecule has 2 aliphatic rings. The van der Waals surface area contributed by atoms with Crippen molar-refractivity contribution < 1.29 is 4.92 Å². The van der Waals surface area contributed by atoms with Crippen molar-refractivity contribution in [2.24, 2.45) is 0 Å². The molecule has 6 heteroatoms. The molecule has 26 heavy (non-hydrogen) atoms. The number of nitrogens with one attached hydrogen (secondary N) is 2. The highest BCUT2D eigenvalue weighted by Crippen LogP contribution is 2.36. The largest absolute Gasteiger partial charge is 0.357 e. The second kappa shape index (κ2) is 7.37. The van der Waals surface area contributed by atoms with Crippen molar-refractivity contribution in [3.63, 3.8) is 0 Å². The smallest absolute Gasteiger partial charge is 0.270 e. The van der Waals surface area contributed by atoms with Crippen molar-refractivity contribution in [2.45, 2.75) is 57.5 Å². The third-order valence-corrected chi connectivity index (χ3v) is 5.97. The first-order valence-electron chi connectivity index (χ1n) is 9.93. The number of benzene rings is 1. The third-order valence-electron chi connectivity index (χ3n) is 5.97. The maximum absolute atomic E-state index is 11.1. The van der Waals surface area contributed by atoms with E-state index in [9.17, 15) is 10.1 Å². The molecule has 1 aliphatic heterocycles. The molecule has 0 amide bonds. The van der Waals surface area contributed by atoms with E-state index < -0.39 is 0 Å². The van der Waals surface area contributed by atoms with E-state index in [1.807, 2.05) is 6.07 Å². The molecule has 140 valence electrons. The summed E-state index contributed by atoms with van der Waals surface area (Å²) >= 11 is 0. The first kappa shape index (κ1) is 17.5. The van der Waals surface area contributed by atoms with Crippen LogP contribution in [0, 0.1) is 10.1 Å². The molecule has 1 aromatic carbocycles. The van der Waals surface area contributed by atoms with Crippen LogP contribution >= 0.6 is 0 Å². The molecule has 0 unspecified atom stereocenters. The van der Waals surface area contributed by atoms with Crippen LogP contribution in [0.1, 0.15) is 56.3 Å². The molecule has 2 aromatic rings. The quantitative estimate of drug-likeness (QED) is 0.629. The van der Waals surface area contributed by atoms with Crippen LogP contribution in [0.3, 0.4) is 0 Å². The summed E-state index contributed by atoms with van der Waals surface area (Å²) < 4.78 is 0. The fourth-order valence-electron chi connectivity index (χ4n) is 4.65. The molecule has 0 saturated carbocycles. The molecule has 0 bridgehead atoms. The lowest BCUT2D eigenvalue weighted by molar-refractivity contribution is -0.384. The van der Waals surface area contributed by atoms with Gasteiger partial charge in [0.05, 0.1) is 4.92 Å². The molecular weight excluding hydrogens is 328 g/mol. The summed E-state index contributed by atoms with van der Waals surface area (Å²) in [5, 5.41) is 16.0. The van der Waals surface area contributed by atoms with Gasteiger partial charge < -0.3 is 15.2 Å². The van der Waals surface area contributed by atoms with Gasteiger partial charge in [-0.2, -0.15) is 0 Å². The van der Waals surface area contributed by atoms with Gasteiger partial charge in [-0.25, -0.2) is 0 Å². The summed E-state index contributed by atoms with van der Waals surface area (Å²) in [6.45, 7) is 5.82. The number of nitro benzene ring substituents is 1. The predicted octanol–water partition coefficient (Wildman–Crippen LogP) is 3.92. The van der Waals surface area contributed by atoms with E-state index >= 15 is 0 Å². The average molecular weight is 356 g/mol. The minimum absolute atomic E-state index is 0.178. The summed E-state index contributed by atoms with van der Waals surface area (Å²) in [5.41, 5.74) is 3.73. The number of likely N-dealkylation sites (tertiary alicyclic amines) is 1. The van der Waals surface area contributed by atoms with Gasteiger partial charge in [0.15, 0.2) is 0 Å². The molecule has 1 aromatic heterocycles.